The summed E-state index contributed by atoms with van der Waals surface area (Å²) in [5, 5.41) is 5.81. The van der Waals surface area contributed by atoms with E-state index in [9.17, 15) is 14.0 Å². The number of benzene rings is 3. The van der Waals surface area contributed by atoms with Crippen molar-refractivity contribution in [3.8, 4) is 5.75 Å². The molecule has 0 bridgehead atoms. The molecule has 0 aliphatic heterocycles. The van der Waals surface area contributed by atoms with Crippen LogP contribution in [0.15, 0.2) is 66.7 Å². The van der Waals surface area contributed by atoms with Crippen molar-refractivity contribution in [3.05, 3.63) is 88.7 Å². The molecule has 29 heavy (non-hydrogen) atoms. The third-order valence-electron chi connectivity index (χ3n) is 3.96. The molecular weight excluding hydrogens is 395 g/mol. The average molecular weight is 413 g/mol. The van der Waals surface area contributed by atoms with Gasteiger partial charge in [0.2, 0.25) is 5.91 Å². The van der Waals surface area contributed by atoms with Crippen molar-refractivity contribution in [2.75, 3.05) is 10.6 Å². The summed E-state index contributed by atoms with van der Waals surface area (Å²) in [6.07, 6.45) is 0. The van der Waals surface area contributed by atoms with Gasteiger partial charge in [0.15, 0.2) is 0 Å². The van der Waals surface area contributed by atoms with Crippen LogP contribution in [0.4, 0.5) is 15.8 Å². The fraction of sp³-hybridized carbons (Fsp3) is 0.0909. The summed E-state index contributed by atoms with van der Waals surface area (Å²) in [5.74, 6) is -0.465. The predicted octanol–water partition coefficient (Wildman–Crippen LogP) is 5.27. The molecule has 0 atom stereocenters. The highest BCUT2D eigenvalue weighted by atomic mass is 35.5. The predicted molar refractivity (Wildman–Crippen MR) is 111 cm³/mol. The fourth-order valence-electron chi connectivity index (χ4n) is 2.59. The largest absolute Gasteiger partial charge is 0.489 e. The number of halogens is 2. The summed E-state index contributed by atoms with van der Waals surface area (Å²) >= 11 is 6.01. The van der Waals surface area contributed by atoms with Gasteiger partial charge in [0.05, 0.1) is 11.4 Å². The minimum atomic E-state index is -0.383. The Kier molecular flexibility index (Phi) is 6.46. The molecule has 7 heteroatoms. The first kappa shape index (κ1) is 20.4. The number of ether oxygens (including phenoxy) is 1. The molecule has 0 heterocycles. The van der Waals surface area contributed by atoms with Crippen molar-refractivity contribution < 1.29 is 18.7 Å². The number of hydrogen-bond acceptors (Lipinski definition) is 3. The van der Waals surface area contributed by atoms with Crippen LogP contribution in [0.25, 0.3) is 0 Å². The minimum absolute atomic E-state index is 0.242. The Morgan fingerprint density at radius 2 is 1.72 bits per heavy atom. The molecule has 0 aromatic heterocycles. The molecule has 2 N–H and O–H groups in total. The maximum atomic E-state index is 13.0. The molecule has 0 radical (unpaired) electrons. The second-order valence-corrected chi connectivity index (χ2v) is 6.70. The quantitative estimate of drug-likeness (QED) is 0.579. The molecular formula is C22H18ClFN2O3. The van der Waals surface area contributed by atoms with E-state index in [2.05, 4.69) is 10.6 Å². The second-order valence-electron chi connectivity index (χ2n) is 6.27. The van der Waals surface area contributed by atoms with Gasteiger partial charge in [-0.1, -0.05) is 29.8 Å². The second kappa shape index (κ2) is 9.21. The van der Waals surface area contributed by atoms with Gasteiger partial charge in [0.1, 0.15) is 18.2 Å². The van der Waals surface area contributed by atoms with Gasteiger partial charge in [-0.2, -0.15) is 0 Å². The Labute approximate surface area is 172 Å². The first-order valence-electron chi connectivity index (χ1n) is 8.76. The third kappa shape index (κ3) is 5.80. The first-order valence-corrected chi connectivity index (χ1v) is 9.14. The van der Waals surface area contributed by atoms with Crippen LogP contribution < -0.4 is 15.4 Å². The maximum absolute atomic E-state index is 13.0. The Morgan fingerprint density at radius 3 is 2.45 bits per heavy atom. The molecule has 0 saturated heterocycles. The topological polar surface area (TPSA) is 67.4 Å². The highest BCUT2D eigenvalue weighted by molar-refractivity contribution is 6.31. The van der Waals surface area contributed by atoms with Gasteiger partial charge < -0.3 is 15.4 Å². The van der Waals surface area contributed by atoms with Crippen LogP contribution in [0.1, 0.15) is 22.8 Å². The first-order chi connectivity index (χ1) is 13.9. The number of carbonyl (C=O) groups is 2. The Hall–Kier alpha value is -3.38. The van der Waals surface area contributed by atoms with E-state index in [4.69, 9.17) is 16.3 Å². The van der Waals surface area contributed by atoms with Crippen molar-refractivity contribution in [2.45, 2.75) is 13.5 Å². The minimum Gasteiger partial charge on any atom is -0.489 e. The number of rotatable bonds is 6. The average Bonchev–Trinajstić information content (AvgIpc) is 2.69. The van der Waals surface area contributed by atoms with E-state index in [-0.39, 0.29) is 24.2 Å². The number of amides is 2. The zero-order valence-electron chi connectivity index (χ0n) is 15.5. The molecule has 5 nitrogen and oxygen atoms in total. The number of anilines is 2. The van der Waals surface area contributed by atoms with Gasteiger partial charge in [0.25, 0.3) is 5.91 Å². The van der Waals surface area contributed by atoms with E-state index < -0.39 is 0 Å². The lowest BCUT2D eigenvalue weighted by Crippen LogP contribution is -2.15. The van der Waals surface area contributed by atoms with Crippen molar-refractivity contribution in [3.63, 3.8) is 0 Å². The van der Waals surface area contributed by atoms with Gasteiger partial charge in [-0.25, -0.2) is 4.39 Å². The lowest BCUT2D eigenvalue weighted by molar-refractivity contribution is -0.114. The zero-order chi connectivity index (χ0) is 20.8. The van der Waals surface area contributed by atoms with Gasteiger partial charge in [0, 0.05) is 17.5 Å². The van der Waals surface area contributed by atoms with E-state index in [1.54, 1.807) is 54.6 Å². The highest BCUT2D eigenvalue weighted by Gasteiger charge is 2.12. The lowest BCUT2D eigenvalue weighted by Gasteiger charge is -2.13. The van der Waals surface area contributed by atoms with Crippen LogP contribution in [0.5, 0.6) is 5.75 Å². The molecule has 0 aliphatic carbocycles. The molecule has 0 spiro atoms. The number of carbonyl (C=O) groups excluding carboxylic acids is 2. The summed E-state index contributed by atoms with van der Waals surface area (Å²) in [7, 11) is 0. The Morgan fingerprint density at radius 1 is 0.966 bits per heavy atom. The van der Waals surface area contributed by atoms with Crippen molar-refractivity contribution in [2.24, 2.45) is 0 Å². The van der Waals surface area contributed by atoms with E-state index in [0.29, 0.717) is 27.7 Å². The summed E-state index contributed by atoms with van der Waals surface area (Å²) in [6, 6.07) is 17.4. The Bertz CT molecular complexity index is 1040. The molecule has 3 rings (SSSR count). The van der Waals surface area contributed by atoms with Crippen LogP contribution in [0, 0.1) is 5.82 Å². The summed E-state index contributed by atoms with van der Waals surface area (Å²) in [4.78, 5) is 24.0. The van der Waals surface area contributed by atoms with Gasteiger partial charge >= 0.3 is 0 Å². The van der Waals surface area contributed by atoms with Gasteiger partial charge in [-0.05, 0) is 54.1 Å². The normalized spacial score (nSPS) is 10.3. The molecule has 0 aliphatic rings. The molecule has 148 valence electrons. The SMILES string of the molecule is CC(=O)Nc1ccc(Cl)cc1NC(=O)c1cccc(OCc2ccc(F)cc2)c1. The van der Waals surface area contributed by atoms with E-state index >= 15 is 0 Å². The monoisotopic (exact) mass is 412 g/mol. The number of hydrogen-bond donors (Lipinski definition) is 2. The molecule has 0 saturated carbocycles. The van der Waals surface area contributed by atoms with Crippen LogP contribution in [0.3, 0.4) is 0 Å². The van der Waals surface area contributed by atoms with Gasteiger partial charge in [-0.15, -0.1) is 0 Å². The van der Waals surface area contributed by atoms with E-state index in [1.807, 2.05) is 0 Å². The van der Waals surface area contributed by atoms with Crippen molar-refractivity contribution >= 4 is 34.8 Å². The van der Waals surface area contributed by atoms with E-state index in [1.165, 1.54) is 19.1 Å². The fourth-order valence-corrected chi connectivity index (χ4v) is 2.76. The van der Waals surface area contributed by atoms with Crippen LogP contribution in [-0.4, -0.2) is 11.8 Å². The third-order valence-corrected chi connectivity index (χ3v) is 4.19. The smallest absolute Gasteiger partial charge is 0.255 e. The van der Waals surface area contributed by atoms with Crippen LogP contribution >= 0.6 is 11.6 Å². The summed E-state index contributed by atoms with van der Waals surface area (Å²) in [6.45, 7) is 1.62. The van der Waals surface area contributed by atoms with E-state index in [0.717, 1.165) is 5.56 Å². The molecule has 3 aromatic rings. The molecule has 0 unspecified atom stereocenters. The number of nitrogens with one attached hydrogen (secondary N) is 2. The lowest BCUT2D eigenvalue weighted by atomic mass is 10.2. The summed E-state index contributed by atoms with van der Waals surface area (Å²) in [5.41, 5.74) is 2.00. The van der Waals surface area contributed by atoms with Crippen molar-refractivity contribution in [1.82, 2.24) is 0 Å². The Balaban J connectivity index is 1.72. The van der Waals surface area contributed by atoms with Crippen molar-refractivity contribution in [1.29, 1.82) is 0 Å². The standard InChI is InChI=1S/C22H18ClFN2O3/c1-14(27)25-20-10-7-17(23)12-21(20)26-22(28)16-3-2-4-19(11-16)29-13-15-5-8-18(24)9-6-15/h2-12H,13H2,1H3,(H,25,27)(H,26,28). The maximum Gasteiger partial charge on any atom is 0.255 e. The molecule has 3 aromatic carbocycles. The molecule has 0 fully saturated rings. The van der Waals surface area contributed by atoms with Gasteiger partial charge in [-0.3, -0.25) is 9.59 Å². The zero-order valence-corrected chi connectivity index (χ0v) is 16.3. The van der Waals surface area contributed by atoms with Crippen LogP contribution in [0.2, 0.25) is 5.02 Å². The highest BCUT2D eigenvalue weighted by Crippen LogP contribution is 2.27. The summed E-state index contributed by atoms with van der Waals surface area (Å²) < 4.78 is 18.7. The van der Waals surface area contributed by atoms with Crippen LogP contribution in [-0.2, 0) is 11.4 Å². The molecule has 2 amide bonds.